The van der Waals surface area contributed by atoms with Gasteiger partial charge in [-0.2, -0.15) is 0 Å². The van der Waals surface area contributed by atoms with E-state index in [1.807, 2.05) is 31.2 Å². The lowest BCUT2D eigenvalue weighted by molar-refractivity contribution is 0.0809. The van der Waals surface area contributed by atoms with Crippen LogP contribution in [0.4, 0.5) is 0 Å². The van der Waals surface area contributed by atoms with E-state index in [1.165, 1.54) is 0 Å². The smallest absolute Gasteiger partial charge is 0.176 e. The number of Topliss-reactive ketones (excluding diaryl/α,β-unsaturated/α-hetero) is 1. The molecule has 1 aliphatic heterocycles. The van der Waals surface area contributed by atoms with Crippen molar-refractivity contribution in [3.05, 3.63) is 35.4 Å². The molecule has 3 heteroatoms. The summed E-state index contributed by atoms with van der Waals surface area (Å²) in [6.45, 7) is 5.42. The number of carbonyl (C=O) groups excluding carboxylic acids is 1. The van der Waals surface area contributed by atoms with E-state index in [9.17, 15) is 4.79 Å². The fraction of sp³-hybridized carbons (Fsp3) is 0.562. The number of nitrogens with zero attached hydrogens (tertiary/aromatic N) is 1. The second-order valence-corrected chi connectivity index (χ2v) is 5.47. The van der Waals surface area contributed by atoms with Crippen molar-refractivity contribution < 1.29 is 9.53 Å². The Labute approximate surface area is 115 Å². The highest BCUT2D eigenvalue weighted by atomic mass is 16.5. The second-order valence-electron chi connectivity index (χ2n) is 5.47. The van der Waals surface area contributed by atoms with Gasteiger partial charge < -0.3 is 4.74 Å². The van der Waals surface area contributed by atoms with E-state index in [0.29, 0.717) is 12.5 Å². The maximum atomic E-state index is 12.2. The number of benzene rings is 1. The maximum absolute atomic E-state index is 12.2. The summed E-state index contributed by atoms with van der Waals surface area (Å²) in [4.78, 5) is 14.5. The van der Waals surface area contributed by atoms with Gasteiger partial charge in [0.25, 0.3) is 0 Å². The molecule has 1 heterocycles. The lowest BCUT2D eigenvalue weighted by Crippen LogP contribution is -2.38. The van der Waals surface area contributed by atoms with Gasteiger partial charge in [-0.05, 0) is 44.8 Å². The molecule has 0 amide bonds. The molecule has 0 bridgehead atoms. The van der Waals surface area contributed by atoms with Crippen LogP contribution < -0.4 is 0 Å². The quantitative estimate of drug-likeness (QED) is 0.763. The van der Waals surface area contributed by atoms with Crippen molar-refractivity contribution in [1.82, 2.24) is 4.90 Å². The molecular formula is C16H23NO2. The van der Waals surface area contributed by atoms with Crippen molar-refractivity contribution in [2.24, 2.45) is 5.92 Å². The number of hydrogen-bond donors (Lipinski definition) is 0. The molecule has 1 aromatic carbocycles. The number of piperidine rings is 1. The molecule has 0 N–H and O–H groups in total. The minimum Gasteiger partial charge on any atom is -0.384 e. The number of carbonyl (C=O) groups is 1. The first-order valence-corrected chi connectivity index (χ1v) is 7.00. The van der Waals surface area contributed by atoms with Crippen LogP contribution in [0.1, 0.15) is 28.8 Å². The SMILES string of the molecule is COCC1CCN(CC(=O)c2cccc(C)c2)CC1. The van der Waals surface area contributed by atoms with Crippen LogP contribution in [0.25, 0.3) is 0 Å². The van der Waals surface area contributed by atoms with Crippen LogP contribution in [0.15, 0.2) is 24.3 Å². The predicted molar refractivity (Wildman–Crippen MR) is 76.5 cm³/mol. The van der Waals surface area contributed by atoms with Gasteiger partial charge in [0.1, 0.15) is 0 Å². The average Bonchev–Trinajstić information content (AvgIpc) is 2.41. The number of ether oxygens (including phenoxy) is 1. The minimum atomic E-state index is 0.230. The van der Waals surface area contributed by atoms with Gasteiger partial charge in [0.2, 0.25) is 0 Å². The highest BCUT2D eigenvalue weighted by molar-refractivity contribution is 5.97. The van der Waals surface area contributed by atoms with Crippen molar-refractivity contribution >= 4 is 5.78 Å². The normalized spacial score (nSPS) is 17.6. The van der Waals surface area contributed by atoms with Crippen molar-refractivity contribution in [1.29, 1.82) is 0 Å². The molecule has 2 rings (SSSR count). The zero-order chi connectivity index (χ0) is 13.7. The lowest BCUT2D eigenvalue weighted by atomic mass is 9.97. The molecule has 3 nitrogen and oxygen atoms in total. The van der Waals surface area contributed by atoms with E-state index >= 15 is 0 Å². The minimum absolute atomic E-state index is 0.230. The third kappa shape index (κ3) is 4.15. The van der Waals surface area contributed by atoms with Crippen LogP contribution in [0.2, 0.25) is 0 Å². The highest BCUT2D eigenvalue weighted by Gasteiger charge is 2.21. The van der Waals surface area contributed by atoms with Gasteiger partial charge in [-0.25, -0.2) is 0 Å². The number of methoxy groups -OCH3 is 1. The number of ketones is 1. The Morgan fingerprint density at radius 2 is 2.11 bits per heavy atom. The Bertz CT molecular complexity index is 423. The fourth-order valence-corrected chi connectivity index (χ4v) is 2.66. The molecule has 0 aromatic heterocycles. The van der Waals surface area contributed by atoms with Gasteiger partial charge in [-0.3, -0.25) is 9.69 Å². The largest absolute Gasteiger partial charge is 0.384 e. The van der Waals surface area contributed by atoms with Gasteiger partial charge in [-0.1, -0.05) is 23.8 Å². The summed E-state index contributed by atoms with van der Waals surface area (Å²) in [5, 5.41) is 0. The molecule has 1 fully saturated rings. The van der Waals surface area contributed by atoms with Crippen LogP contribution in [0.5, 0.6) is 0 Å². The van der Waals surface area contributed by atoms with Crippen LogP contribution in [0.3, 0.4) is 0 Å². The molecule has 104 valence electrons. The molecule has 0 spiro atoms. The topological polar surface area (TPSA) is 29.5 Å². The first-order chi connectivity index (χ1) is 9.19. The summed E-state index contributed by atoms with van der Waals surface area (Å²) >= 11 is 0. The Morgan fingerprint density at radius 1 is 1.37 bits per heavy atom. The first-order valence-electron chi connectivity index (χ1n) is 7.00. The number of hydrogen-bond acceptors (Lipinski definition) is 3. The molecule has 19 heavy (non-hydrogen) atoms. The number of aryl methyl sites for hydroxylation is 1. The third-order valence-electron chi connectivity index (χ3n) is 3.82. The summed E-state index contributed by atoms with van der Waals surface area (Å²) < 4.78 is 5.19. The van der Waals surface area contributed by atoms with E-state index in [2.05, 4.69) is 4.90 Å². The van der Waals surface area contributed by atoms with Crippen molar-refractivity contribution in [2.45, 2.75) is 19.8 Å². The van der Waals surface area contributed by atoms with Crippen LogP contribution in [-0.4, -0.2) is 44.0 Å². The molecule has 0 unspecified atom stereocenters. The zero-order valence-electron chi connectivity index (χ0n) is 11.9. The predicted octanol–water partition coefficient (Wildman–Crippen LogP) is 2.54. The van der Waals surface area contributed by atoms with E-state index in [0.717, 1.165) is 43.7 Å². The van der Waals surface area contributed by atoms with Crippen molar-refractivity contribution in [3.8, 4) is 0 Å². The number of rotatable bonds is 5. The summed E-state index contributed by atoms with van der Waals surface area (Å²) in [6.07, 6.45) is 2.27. The second kappa shape index (κ2) is 6.83. The maximum Gasteiger partial charge on any atom is 0.176 e. The summed E-state index contributed by atoms with van der Waals surface area (Å²) in [6, 6.07) is 7.85. The summed E-state index contributed by atoms with van der Waals surface area (Å²) in [7, 11) is 1.76. The summed E-state index contributed by atoms with van der Waals surface area (Å²) in [5.74, 6) is 0.893. The fourth-order valence-electron chi connectivity index (χ4n) is 2.66. The average molecular weight is 261 g/mol. The van der Waals surface area contributed by atoms with Gasteiger partial charge in [0, 0.05) is 19.3 Å². The van der Waals surface area contributed by atoms with Crippen LogP contribution in [-0.2, 0) is 4.74 Å². The Hall–Kier alpha value is -1.19. The molecule has 0 saturated carbocycles. The molecule has 0 aliphatic carbocycles. The van der Waals surface area contributed by atoms with E-state index in [-0.39, 0.29) is 5.78 Å². The zero-order valence-corrected chi connectivity index (χ0v) is 11.9. The highest BCUT2D eigenvalue weighted by Crippen LogP contribution is 2.17. The standard InChI is InChI=1S/C16H23NO2/c1-13-4-3-5-15(10-13)16(18)11-17-8-6-14(7-9-17)12-19-2/h3-5,10,14H,6-9,11-12H2,1-2H3. The Morgan fingerprint density at radius 3 is 2.74 bits per heavy atom. The molecule has 1 saturated heterocycles. The molecule has 1 aromatic rings. The number of likely N-dealkylation sites (tertiary alicyclic amines) is 1. The monoisotopic (exact) mass is 261 g/mol. The first kappa shape index (κ1) is 14.2. The Kier molecular flexibility index (Phi) is 5.11. The van der Waals surface area contributed by atoms with E-state index in [1.54, 1.807) is 7.11 Å². The van der Waals surface area contributed by atoms with Gasteiger partial charge in [0.05, 0.1) is 6.54 Å². The van der Waals surface area contributed by atoms with Gasteiger partial charge in [0.15, 0.2) is 5.78 Å². The molecule has 1 aliphatic rings. The third-order valence-corrected chi connectivity index (χ3v) is 3.82. The van der Waals surface area contributed by atoms with E-state index in [4.69, 9.17) is 4.74 Å². The van der Waals surface area contributed by atoms with Crippen molar-refractivity contribution in [3.63, 3.8) is 0 Å². The summed E-state index contributed by atoms with van der Waals surface area (Å²) in [5.41, 5.74) is 1.98. The molecule has 0 radical (unpaired) electrons. The van der Waals surface area contributed by atoms with Crippen LogP contribution >= 0.6 is 0 Å². The molecule has 0 atom stereocenters. The Balaban J connectivity index is 1.84. The van der Waals surface area contributed by atoms with Gasteiger partial charge in [-0.15, -0.1) is 0 Å². The molecular weight excluding hydrogens is 238 g/mol. The van der Waals surface area contributed by atoms with Crippen molar-refractivity contribution in [2.75, 3.05) is 33.4 Å². The lowest BCUT2D eigenvalue weighted by Gasteiger charge is -2.31. The van der Waals surface area contributed by atoms with Crippen LogP contribution in [0, 0.1) is 12.8 Å². The van der Waals surface area contributed by atoms with Gasteiger partial charge >= 0.3 is 0 Å². The van der Waals surface area contributed by atoms with E-state index < -0.39 is 0 Å².